The van der Waals surface area contributed by atoms with Crippen molar-refractivity contribution in [1.29, 1.82) is 0 Å². The smallest absolute Gasteiger partial charge is 0.312 e. The third-order valence-corrected chi connectivity index (χ3v) is 1.59. The summed E-state index contributed by atoms with van der Waals surface area (Å²) in [6.45, 7) is 0. The zero-order valence-electron chi connectivity index (χ0n) is 6.32. The predicted molar refractivity (Wildman–Crippen MR) is 40.7 cm³/mol. The highest BCUT2D eigenvalue weighted by atomic mass is 19.1. The summed E-state index contributed by atoms with van der Waals surface area (Å²) in [7, 11) is 1.66. The lowest BCUT2D eigenvalue weighted by Crippen LogP contribution is -1.99. The van der Waals surface area contributed by atoms with E-state index < -0.39 is 6.08 Å². The third kappa shape index (κ3) is 0.810. The van der Waals surface area contributed by atoms with Gasteiger partial charge in [-0.2, -0.15) is 19.5 Å². The van der Waals surface area contributed by atoms with E-state index in [1.54, 1.807) is 7.05 Å². The maximum absolute atomic E-state index is 12.6. The van der Waals surface area contributed by atoms with Crippen molar-refractivity contribution in [2.24, 2.45) is 7.05 Å². The fourth-order valence-corrected chi connectivity index (χ4v) is 1.02. The van der Waals surface area contributed by atoms with E-state index in [-0.39, 0.29) is 5.82 Å². The number of fused-ring (bicyclic) bond motifs is 1. The maximum Gasteiger partial charge on any atom is 0.312 e. The Bertz CT molecular complexity index is 435. The van der Waals surface area contributed by atoms with Gasteiger partial charge in [-0.25, -0.2) is 0 Å². The molecular formula is C6H6FN5. The zero-order chi connectivity index (χ0) is 8.72. The van der Waals surface area contributed by atoms with Gasteiger partial charge in [0.15, 0.2) is 5.65 Å². The van der Waals surface area contributed by atoms with Crippen molar-refractivity contribution in [2.45, 2.75) is 0 Å². The first-order valence-corrected chi connectivity index (χ1v) is 3.29. The normalized spacial score (nSPS) is 10.8. The van der Waals surface area contributed by atoms with Gasteiger partial charge in [0.2, 0.25) is 0 Å². The van der Waals surface area contributed by atoms with Crippen molar-refractivity contribution in [3.05, 3.63) is 12.3 Å². The van der Waals surface area contributed by atoms with E-state index in [4.69, 9.17) is 5.73 Å². The molecule has 0 aromatic carbocycles. The molecule has 0 aliphatic carbocycles. The molecule has 0 atom stereocenters. The number of nitrogens with two attached hydrogens (primary N) is 1. The van der Waals surface area contributed by atoms with Gasteiger partial charge in [0.05, 0.1) is 11.6 Å². The molecule has 0 fully saturated rings. The first kappa shape index (κ1) is 6.96. The number of nitrogen functional groups attached to an aromatic ring is 1. The summed E-state index contributed by atoms with van der Waals surface area (Å²) in [6.07, 6.45) is 0.674. The summed E-state index contributed by atoms with van der Waals surface area (Å²) in [6, 6.07) is 0. The van der Waals surface area contributed by atoms with Gasteiger partial charge in [-0.1, -0.05) is 0 Å². The molecule has 2 aromatic rings. The summed E-state index contributed by atoms with van der Waals surface area (Å²) in [4.78, 5) is 6.90. The summed E-state index contributed by atoms with van der Waals surface area (Å²) >= 11 is 0. The minimum absolute atomic E-state index is 0.116. The molecule has 2 N–H and O–H groups in total. The molecule has 0 bridgehead atoms. The second-order valence-corrected chi connectivity index (χ2v) is 2.38. The van der Waals surface area contributed by atoms with Crippen LogP contribution < -0.4 is 5.73 Å². The topological polar surface area (TPSA) is 69.6 Å². The highest BCUT2D eigenvalue weighted by molar-refractivity contribution is 5.84. The number of hydrogen-bond donors (Lipinski definition) is 1. The van der Waals surface area contributed by atoms with Crippen molar-refractivity contribution in [3.8, 4) is 0 Å². The van der Waals surface area contributed by atoms with Gasteiger partial charge in [0.1, 0.15) is 5.82 Å². The van der Waals surface area contributed by atoms with Crippen molar-refractivity contribution in [2.75, 3.05) is 5.73 Å². The molecular weight excluding hydrogens is 161 g/mol. The molecule has 0 saturated carbocycles. The molecule has 2 heterocycles. The third-order valence-electron chi connectivity index (χ3n) is 1.59. The van der Waals surface area contributed by atoms with Crippen LogP contribution >= 0.6 is 0 Å². The molecule has 2 rings (SSSR count). The largest absolute Gasteiger partial charge is 0.383 e. The Hall–Kier alpha value is -1.72. The first-order valence-electron chi connectivity index (χ1n) is 3.29. The van der Waals surface area contributed by atoms with Crippen LogP contribution in [0, 0.1) is 6.08 Å². The fraction of sp³-hybridized carbons (Fsp3) is 0.167. The van der Waals surface area contributed by atoms with E-state index in [1.807, 2.05) is 0 Å². The molecule has 0 saturated heterocycles. The van der Waals surface area contributed by atoms with Gasteiger partial charge < -0.3 is 5.73 Å². The standard InChI is InChI=1S/C6H6FN5/c1-12-5-3(2-9-12)4(8)10-6(7)11-5/h2H,1H3,(H2,8,10,11). The van der Waals surface area contributed by atoms with Gasteiger partial charge in [0.25, 0.3) is 0 Å². The second-order valence-electron chi connectivity index (χ2n) is 2.38. The number of rotatable bonds is 0. The highest BCUT2D eigenvalue weighted by Crippen LogP contribution is 2.15. The Morgan fingerprint density at radius 2 is 2.25 bits per heavy atom. The van der Waals surface area contributed by atoms with Crippen LogP contribution in [0.15, 0.2) is 6.20 Å². The quantitative estimate of drug-likeness (QED) is 0.564. The average molecular weight is 167 g/mol. The van der Waals surface area contributed by atoms with Gasteiger partial charge in [-0.05, 0) is 0 Å². The average Bonchev–Trinajstić information content (AvgIpc) is 2.33. The molecule has 0 amide bonds. The van der Waals surface area contributed by atoms with Crippen LogP contribution in [0.1, 0.15) is 0 Å². The minimum Gasteiger partial charge on any atom is -0.383 e. The number of aryl methyl sites for hydroxylation is 1. The van der Waals surface area contributed by atoms with E-state index in [0.717, 1.165) is 0 Å². The SMILES string of the molecule is Cn1ncc2c(N)nc(F)nc21. The minimum atomic E-state index is -0.830. The Morgan fingerprint density at radius 1 is 1.50 bits per heavy atom. The molecule has 5 nitrogen and oxygen atoms in total. The van der Waals surface area contributed by atoms with E-state index >= 15 is 0 Å². The van der Waals surface area contributed by atoms with E-state index in [2.05, 4.69) is 15.1 Å². The fourth-order valence-electron chi connectivity index (χ4n) is 1.02. The van der Waals surface area contributed by atoms with Gasteiger partial charge in [0, 0.05) is 7.05 Å². The Balaban J connectivity index is 2.92. The molecule has 0 radical (unpaired) electrons. The van der Waals surface area contributed by atoms with Crippen LogP contribution in [0.3, 0.4) is 0 Å². The molecule has 6 heteroatoms. The van der Waals surface area contributed by atoms with E-state index in [1.165, 1.54) is 10.9 Å². The number of anilines is 1. The van der Waals surface area contributed by atoms with E-state index in [9.17, 15) is 4.39 Å². The molecule has 12 heavy (non-hydrogen) atoms. The number of aromatic nitrogens is 4. The van der Waals surface area contributed by atoms with Crippen molar-refractivity contribution >= 4 is 16.9 Å². The van der Waals surface area contributed by atoms with Crippen LogP contribution in [0.4, 0.5) is 10.2 Å². The summed E-state index contributed by atoms with van der Waals surface area (Å²) in [5.74, 6) is 0.116. The summed E-state index contributed by atoms with van der Waals surface area (Å²) in [5, 5.41) is 4.43. The van der Waals surface area contributed by atoms with Crippen LogP contribution in [-0.4, -0.2) is 19.7 Å². The van der Waals surface area contributed by atoms with Gasteiger partial charge in [-0.3, -0.25) is 4.68 Å². The van der Waals surface area contributed by atoms with Crippen LogP contribution in [0.2, 0.25) is 0 Å². The number of hydrogen-bond acceptors (Lipinski definition) is 4. The number of halogens is 1. The molecule has 2 aromatic heterocycles. The van der Waals surface area contributed by atoms with Crippen molar-refractivity contribution in [1.82, 2.24) is 19.7 Å². The molecule has 0 aliphatic heterocycles. The molecule has 0 aliphatic rings. The molecule has 0 spiro atoms. The van der Waals surface area contributed by atoms with Crippen LogP contribution in [0.5, 0.6) is 0 Å². The Labute approximate surface area is 67.0 Å². The Morgan fingerprint density at radius 3 is 3.00 bits per heavy atom. The van der Waals surface area contributed by atoms with Crippen molar-refractivity contribution < 1.29 is 4.39 Å². The van der Waals surface area contributed by atoms with E-state index in [0.29, 0.717) is 11.0 Å². The lowest BCUT2D eigenvalue weighted by atomic mass is 10.4. The summed E-state index contributed by atoms with van der Waals surface area (Å²) in [5.41, 5.74) is 5.83. The molecule has 0 unspecified atom stereocenters. The second kappa shape index (κ2) is 2.13. The van der Waals surface area contributed by atoms with Gasteiger partial charge >= 0.3 is 6.08 Å². The lowest BCUT2D eigenvalue weighted by molar-refractivity contribution is 0.543. The van der Waals surface area contributed by atoms with Gasteiger partial charge in [-0.15, -0.1) is 0 Å². The first-order chi connectivity index (χ1) is 5.68. The van der Waals surface area contributed by atoms with Crippen LogP contribution in [0.25, 0.3) is 11.0 Å². The molecule has 62 valence electrons. The predicted octanol–water partition coefficient (Wildman–Crippen LogP) is 0.0846. The summed E-state index contributed by atoms with van der Waals surface area (Å²) < 4.78 is 14.1. The lowest BCUT2D eigenvalue weighted by Gasteiger charge is -1.95. The monoisotopic (exact) mass is 167 g/mol. The van der Waals surface area contributed by atoms with Crippen molar-refractivity contribution in [3.63, 3.8) is 0 Å². The number of nitrogens with zero attached hydrogens (tertiary/aromatic N) is 4. The Kier molecular flexibility index (Phi) is 1.24. The zero-order valence-corrected chi connectivity index (χ0v) is 6.32. The highest BCUT2D eigenvalue weighted by Gasteiger charge is 2.07. The van der Waals surface area contributed by atoms with Crippen LogP contribution in [-0.2, 0) is 7.05 Å². The maximum atomic E-state index is 12.6.